The first-order valence-electron chi connectivity index (χ1n) is 12.7. The smallest absolute Gasteiger partial charge is 0.338 e. The molecule has 0 aliphatic carbocycles. The van der Waals surface area contributed by atoms with Crippen molar-refractivity contribution in [2.24, 2.45) is 0 Å². The van der Waals surface area contributed by atoms with Crippen LogP contribution in [-0.4, -0.2) is 18.7 Å². The van der Waals surface area contributed by atoms with Crippen LogP contribution in [0.2, 0.25) is 0 Å². The topological polar surface area (TPSA) is 48.7 Å². The predicted molar refractivity (Wildman–Crippen MR) is 139 cm³/mol. The number of ether oxygens (including phenoxy) is 2. The van der Waals surface area contributed by atoms with Gasteiger partial charge in [0.05, 0.1) is 23.7 Å². The van der Waals surface area contributed by atoms with Gasteiger partial charge in [0.25, 0.3) is 0 Å². The number of hydrogen-bond acceptors (Lipinski definition) is 4. The van der Waals surface area contributed by atoms with Crippen LogP contribution in [0.25, 0.3) is 22.3 Å². The third kappa shape index (κ3) is 7.51. The van der Waals surface area contributed by atoms with Crippen molar-refractivity contribution in [1.82, 2.24) is 0 Å². The van der Waals surface area contributed by atoms with Crippen LogP contribution >= 0.6 is 0 Å². The highest BCUT2D eigenvalue weighted by molar-refractivity contribution is 5.91. The lowest BCUT2D eigenvalue weighted by molar-refractivity contribution is 0.0323. The Hall–Kier alpha value is -3.01. The van der Waals surface area contributed by atoms with E-state index in [1.165, 1.54) is 32.1 Å². The number of fused-ring (bicyclic) bond motifs is 1. The fraction of sp³-hybridized carbons (Fsp3) is 0.433. The van der Waals surface area contributed by atoms with Crippen LogP contribution in [0.5, 0.6) is 5.75 Å². The molecule has 1 atom stereocenters. The summed E-state index contributed by atoms with van der Waals surface area (Å²) < 4.78 is 17.7. The normalized spacial score (nSPS) is 11.9. The average molecular weight is 463 g/mol. The van der Waals surface area contributed by atoms with Crippen LogP contribution < -0.4 is 4.74 Å². The van der Waals surface area contributed by atoms with Crippen LogP contribution in [0, 0.1) is 0 Å². The molecular formula is C30H38O4. The van der Waals surface area contributed by atoms with Crippen LogP contribution in [0.1, 0.15) is 82.0 Å². The highest BCUT2D eigenvalue weighted by Gasteiger charge is 2.14. The van der Waals surface area contributed by atoms with Gasteiger partial charge in [0.2, 0.25) is 0 Å². The lowest BCUT2D eigenvalue weighted by atomic mass is 10.1. The minimum atomic E-state index is -0.287. The highest BCUT2D eigenvalue weighted by atomic mass is 16.5. The molecule has 0 fully saturated rings. The Morgan fingerprint density at radius 2 is 1.76 bits per heavy atom. The van der Waals surface area contributed by atoms with E-state index in [0.29, 0.717) is 12.2 Å². The lowest BCUT2D eigenvalue weighted by Gasteiger charge is -2.12. The van der Waals surface area contributed by atoms with E-state index in [0.717, 1.165) is 53.7 Å². The van der Waals surface area contributed by atoms with Crippen molar-refractivity contribution in [2.45, 2.75) is 77.7 Å². The fourth-order valence-corrected chi connectivity index (χ4v) is 4.07. The second-order valence-corrected chi connectivity index (χ2v) is 8.91. The minimum absolute atomic E-state index is 0.0756. The molecule has 1 unspecified atom stereocenters. The van der Waals surface area contributed by atoms with Gasteiger partial charge in [0.1, 0.15) is 17.1 Å². The molecule has 3 aromatic rings. The van der Waals surface area contributed by atoms with Gasteiger partial charge in [-0.3, -0.25) is 0 Å². The number of carbonyl (C=O) groups excluding carboxylic acids is 1. The van der Waals surface area contributed by atoms with Crippen LogP contribution in [0.15, 0.2) is 65.6 Å². The Balaban J connectivity index is 1.55. The molecule has 3 rings (SSSR count). The molecule has 1 aromatic heterocycles. The number of benzene rings is 2. The number of unbranched alkanes of at least 4 members (excludes halogenated alkanes) is 6. The molecule has 0 saturated heterocycles. The molecule has 2 aromatic carbocycles. The van der Waals surface area contributed by atoms with Gasteiger partial charge < -0.3 is 13.9 Å². The Morgan fingerprint density at radius 3 is 2.50 bits per heavy atom. The summed E-state index contributed by atoms with van der Waals surface area (Å²) in [6, 6.07) is 15.3. The molecule has 1 heterocycles. The first-order valence-corrected chi connectivity index (χ1v) is 12.7. The number of allylic oxidation sites excluding steroid dienone is 1. The van der Waals surface area contributed by atoms with Gasteiger partial charge in [-0.25, -0.2) is 4.79 Å². The van der Waals surface area contributed by atoms with Gasteiger partial charge in [0, 0.05) is 5.56 Å². The van der Waals surface area contributed by atoms with E-state index in [-0.39, 0.29) is 12.1 Å². The van der Waals surface area contributed by atoms with E-state index in [2.05, 4.69) is 13.5 Å². The molecule has 34 heavy (non-hydrogen) atoms. The number of esters is 1. The minimum Gasteiger partial charge on any atom is -0.493 e. The molecule has 0 aliphatic rings. The summed E-state index contributed by atoms with van der Waals surface area (Å²) in [5.41, 5.74) is 2.26. The summed E-state index contributed by atoms with van der Waals surface area (Å²) >= 11 is 0. The summed E-state index contributed by atoms with van der Waals surface area (Å²) in [6.07, 6.45) is 12.2. The molecule has 0 N–H and O–H groups in total. The standard InChI is InChI=1S/C30H38O4/c1-4-6-7-8-9-10-11-12-21-32-27-15-13-16-28-26(27)22-29(34-28)24-17-19-25(20-18-24)30(31)33-23(3)14-5-2/h4,13,15-20,22-23H,1,5-12,14,21H2,2-3H3. The lowest BCUT2D eigenvalue weighted by Crippen LogP contribution is -2.14. The Morgan fingerprint density at radius 1 is 1.03 bits per heavy atom. The van der Waals surface area contributed by atoms with Crippen molar-refractivity contribution < 1.29 is 18.7 Å². The number of rotatable bonds is 15. The SMILES string of the molecule is C=CCCCCCCCCOc1cccc2oc(-c3ccc(C(=O)OC(C)CCC)cc3)cc12. The molecule has 0 bridgehead atoms. The Labute approximate surface area is 204 Å². The van der Waals surface area contributed by atoms with Crippen LogP contribution in [0.3, 0.4) is 0 Å². The molecule has 0 amide bonds. The third-order valence-corrected chi connectivity index (χ3v) is 5.99. The molecule has 0 spiro atoms. The Kier molecular flexibility index (Phi) is 10.3. The van der Waals surface area contributed by atoms with Gasteiger partial charge in [-0.05, 0) is 62.9 Å². The predicted octanol–water partition coefficient (Wildman–Crippen LogP) is 8.74. The van der Waals surface area contributed by atoms with Crippen molar-refractivity contribution in [3.8, 4) is 17.1 Å². The quantitative estimate of drug-likeness (QED) is 0.129. The summed E-state index contributed by atoms with van der Waals surface area (Å²) in [7, 11) is 0. The zero-order chi connectivity index (χ0) is 24.2. The summed E-state index contributed by atoms with van der Waals surface area (Å²) in [6.45, 7) is 8.49. The van der Waals surface area contributed by atoms with Crippen molar-refractivity contribution >= 4 is 16.9 Å². The van der Waals surface area contributed by atoms with Gasteiger partial charge in [-0.2, -0.15) is 0 Å². The largest absolute Gasteiger partial charge is 0.493 e. The van der Waals surface area contributed by atoms with Gasteiger partial charge in [0.15, 0.2) is 0 Å². The van der Waals surface area contributed by atoms with Gasteiger partial charge in [-0.1, -0.05) is 63.3 Å². The molecule has 0 aliphatic heterocycles. The molecule has 182 valence electrons. The monoisotopic (exact) mass is 462 g/mol. The van der Waals surface area contributed by atoms with E-state index < -0.39 is 0 Å². The molecule has 0 saturated carbocycles. The second-order valence-electron chi connectivity index (χ2n) is 8.91. The zero-order valence-corrected chi connectivity index (χ0v) is 20.7. The van der Waals surface area contributed by atoms with Crippen LogP contribution in [-0.2, 0) is 4.74 Å². The third-order valence-electron chi connectivity index (χ3n) is 5.99. The maximum Gasteiger partial charge on any atom is 0.338 e. The van der Waals surface area contributed by atoms with E-state index in [1.54, 1.807) is 12.1 Å². The maximum absolute atomic E-state index is 12.3. The van der Waals surface area contributed by atoms with Crippen molar-refractivity contribution in [3.63, 3.8) is 0 Å². The second kappa shape index (κ2) is 13.6. The van der Waals surface area contributed by atoms with E-state index >= 15 is 0 Å². The summed E-state index contributed by atoms with van der Waals surface area (Å²) in [4.78, 5) is 12.3. The van der Waals surface area contributed by atoms with Crippen molar-refractivity contribution in [1.29, 1.82) is 0 Å². The first-order chi connectivity index (χ1) is 16.6. The molecular weight excluding hydrogens is 424 g/mol. The number of furan rings is 1. The van der Waals surface area contributed by atoms with E-state index in [9.17, 15) is 4.79 Å². The zero-order valence-electron chi connectivity index (χ0n) is 20.7. The highest BCUT2D eigenvalue weighted by Crippen LogP contribution is 2.33. The molecule has 4 heteroatoms. The first kappa shape index (κ1) is 25.6. The molecule has 0 radical (unpaired) electrons. The number of carbonyl (C=O) groups is 1. The van der Waals surface area contributed by atoms with Gasteiger partial charge >= 0.3 is 5.97 Å². The van der Waals surface area contributed by atoms with Crippen LogP contribution in [0.4, 0.5) is 0 Å². The fourth-order valence-electron chi connectivity index (χ4n) is 4.07. The average Bonchev–Trinajstić information content (AvgIpc) is 3.28. The van der Waals surface area contributed by atoms with E-state index in [1.807, 2.05) is 49.4 Å². The maximum atomic E-state index is 12.3. The number of hydrogen-bond donors (Lipinski definition) is 0. The van der Waals surface area contributed by atoms with E-state index in [4.69, 9.17) is 13.9 Å². The summed E-state index contributed by atoms with van der Waals surface area (Å²) in [5.74, 6) is 1.32. The molecule has 4 nitrogen and oxygen atoms in total. The van der Waals surface area contributed by atoms with Crippen molar-refractivity contribution in [3.05, 3.63) is 66.7 Å². The van der Waals surface area contributed by atoms with Crippen molar-refractivity contribution in [2.75, 3.05) is 6.61 Å². The Bertz CT molecular complexity index is 1030. The van der Waals surface area contributed by atoms with Gasteiger partial charge in [-0.15, -0.1) is 6.58 Å². The summed E-state index contributed by atoms with van der Waals surface area (Å²) in [5, 5.41) is 0.971.